The van der Waals surface area contributed by atoms with Crippen LogP contribution in [0.25, 0.3) is 0 Å². The normalized spacial score (nSPS) is 13.3. The van der Waals surface area contributed by atoms with Gasteiger partial charge in [-0.2, -0.15) is 0 Å². The van der Waals surface area contributed by atoms with Gasteiger partial charge in [-0.1, -0.05) is 19.1 Å². The van der Waals surface area contributed by atoms with Crippen LogP contribution >= 0.6 is 0 Å². The van der Waals surface area contributed by atoms with Gasteiger partial charge in [0.15, 0.2) is 0 Å². The van der Waals surface area contributed by atoms with Gasteiger partial charge in [-0.15, -0.1) is 0 Å². The van der Waals surface area contributed by atoms with Gasteiger partial charge >= 0.3 is 0 Å². The average Bonchev–Trinajstić information content (AvgIpc) is 2.45. The quantitative estimate of drug-likeness (QED) is 0.681. The number of ether oxygens (including phenoxy) is 1. The van der Waals surface area contributed by atoms with Crippen LogP contribution in [-0.2, 0) is 14.8 Å². The smallest absolute Gasteiger partial charge is 0.240 e. The Morgan fingerprint density at radius 3 is 2.40 bits per heavy atom. The van der Waals surface area contributed by atoms with Crippen molar-refractivity contribution in [2.24, 2.45) is 0 Å². The summed E-state index contributed by atoms with van der Waals surface area (Å²) in [5.74, 6) is 0. The van der Waals surface area contributed by atoms with Gasteiger partial charge in [0.2, 0.25) is 10.0 Å². The minimum Gasteiger partial charge on any atom is -0.383 e. The highest BCUT2D eigenvalue weighted by Gasteiger charge is 2.13. The van der Waals surface area contributed by atoms with Crippen molar-refractivity contribution in [1.29, 1.82) is 0 Å². The predicted molar refractivity (Wildman–Crippen MR) is 80.2 cm³/mol. The number of methoxy groups -OCH3 is 1. The zero-order valence-corrected chi connectivity index (χ0v) is 13.2. The summed E-state index contributed by atoms with van der Waals surface area (Å²) in [6.07, 6.45) is 1.07. The van der Waals surface area contributed by atoms with E-state index < -0.39 is 10.0 Å². The summed E-state index contributed by atoms with van der Waals surface area (Å²) >= 11 is 0. The summed E-state index contributed by atoms with van der Waals surface area (Å²) in [5.41, 5.74) is 1.08. The highest BCUT2D eigenvalue weighted by atomic mass is 32.2. The third kappa shape index (κ3) is 5.20. The first-order valence-electron chi connectivity index (χ1n) is 6.83. The van der Waals surface area contributed by atoms with Crippen molar-refractivity contribution < 1.29 is 13.2 Å². The van der Waals surface area contributed by atoms with Crippen molar-refractivity contribution in [3.63, 3.8) is 0 Å². The van der Waals surface area contributed by atoms with Crippen LogP contribution in [0.5, 0.6) is 0 Å². The summed E-state index contributed by atoms with van der Waals surface area (Å²) in [6, 6.07) is 7.17. The molecule has 0 fully saturated rings. The van der Waals surface area contributed by atoms with Crippen LogP contribution < -0.4 is 10.0 Å². The fourth-order valence-corrected chi connectivity index (χ4v) is 2.79. The lowest BCUT2D eigenvalue weighted by atomic mass is 10.1. The SMILES string of the molecule is CCCNC(C)c1ccc(S(=O)(=O)NCCOC)cc1. The Hall–Kier alpha value is -0.950. The lowest BCUT2D eigenvalue weighted by Crippen LogP contribution is -2.27. The summed E-state index contributed by atoms with van der Waals surface area (Å²) in [6.45, 7) is 5.75. The number of benzene rings is 1. The summed E-state index contributed by atoms with van der Waals surface area (Å²) in [7, 11) is -1.91. The Bertz CT molecular complexity index is 486. The summed E-state index contributed by atoms with van der Waals surface area (Å²) in [5, 5.41) is 3.37. The van der Waals surface area contributed by atoms with Gasteiger partial charge in [0.25, 0.3) is 0 Å². The molecule has 0 saturated carbocycles. The van der Waals surface area contributed by atoms with Gasteiger partial charge in [-0.05, 0) is 37.6 Å². The number of sulfonamides is 1. The molecule has 1 unspecified atom stereocenters. The molecular weight excluding hydrogens is 276 g/mol. The van der Waals surface area contributed by atoms with E-state index in [1.54, 1.807) is 12.1 Å². The maximum absolute atomic E-state index is 12.0. The van der Waals surface area contributed by atoms with E-state index in [0.717, 1.165) is 18.5 Å². The molecule has 0 heterocycles. The maximum atomic E-state index is 12.0. The molecule has 0 bridgehead atoms. The number of hydrogen-bond donors (Lipinski definition) is 2. The fourth-order valence-electron chi connectivity index (χ4n) is 1.78. The Labute approximate surface area is 121 Å². The van der Waals surface area contributed by atoms with E-state index in [4.69, 9.17) is 4.74 Å². The molecule has 0 saturated heterocycles. The highest BCUT2D eigenvalue weighted by Crippen LogP contribution is 2.16. The largest absolute Gasteiger partial charge is 0.383 e. The van der Waals surface area contributed by atoms with Crippen molar-refractivity contribution in [1.82, 2.24) is 10.0 Å². The van der Waals surface area contributed by atoms with Crippen LogP contribution in [0.3, 0.4) is 0 Å². The Morgan fingerprint density at radius 2 is 1.85 bits per heavy atom. The lowest BCUT2D eigenvalue weighted by Gasteiger charge is -2.14. The summed E-state index contributed by atoms with van der Waals surface area (Å²) < 4.78 is 31.3. The van der Waals surface area contributed by atoms with Gasteiger partial charge in [-0.3, -0.25) is 0 Å². The van der Waals surface area contributed by atoms with Crippen LogP contribution in [0.1, 0.15) is 31.9 Å². The van der Waals surface area contributed by atoms with E-state index in [2.05, 4.69) is 23.9 Å². The minimum absolute atomic E-state index is 0.216. The maximum Gasteiger partial charge on any atom is 0.240 e. The number of rotatable bonds is 9. The van der Waals surface area contributed by atoms with Crippen LogP contribution in [0.4, 0.5) is 0 Å². The van der Waals surface area contributed by atoms with Crippen molar-refractivity contribution in [3.05, 3.63) is 29.8 Å². The van der Waals surface area contributed by atoms with Crippen molar-refractivity contribution in [2.45, 2.75) is 31.2 Å². The van der Waals surface area contributed by atoms with Crippen LogP contribution in [0, 0.1) is 0 Å². The standard InChI is InChI=1S/C14H24N2O3S/c1-4-9-15-12(2)13-5-7-14(8-6-13)20(17,18)16-10-11-19-3/h5-8,12,15-16H,4,9-11H2,1-3H3. The van der Waals surface area contributed by atoms with Gasteiger partial charge in [0.1, 0.15) is 0 Å². The Balaban J connectivity index is 2.70. The Morgan fingerprint density at radius 1 is 1.20 bits per heavy atom. The number of nitrogens with one attached hydrogen (secondary N) is 2. The first kappa shape index (κ1) is 17.1. The third-order valence-corrected chi connectivity index (χ3v) is 4.47. The lowest BCUT2D eigenvalue weighted by molar-refractivity contribution is 0.204. The van der Waals surface area contributed by atoms with Gasteiger partial charge in [0.05, 0.1) is 11.5 Å². The molecule has 0 radical (unpaired) electrons. The third-order valence-electron chi connectivity index (χ3n) is 2.99. The molecule has 1 atom stereocenters. The van der Waals surface area contributed by atoms with Crippen LogP contribution in [-0.4, -0.2) is 35.2 Å². The molecule has 0 aliphatic heterocycles. The van der Waals surface area contributed by atoms with E-state index in [-0.39, 0.29) is 17.5 Å². The molecule has 6 heteroatoms. The van der Waals surface area contributed by atoms with Crippen molar-refractivity contribution >= 4 is 10.0 Å². The molecule has 0 aliphatic rings. The number of hydrogen-bond acceptors (Lipinski definition) is 4. The molecule has 0 aromatic heterocycles. The molecule has 2 N–H and O–H groups in total. The van der Waals surface area contributed by atoms with Crippen molar-refractivity contribution in [2.75, 3.05) is 26.8 Å². The van der Waals surface area contributed by atoms with Gasteiger partial charge in [0, 0.05) is 19.7 Å². The molecule has 1 rings (SSSR count). The fraction of sp³-hybridized carbons (Fsp3) is 0.571. The van der Waals surface area contributed by atoms with Gasteiger partial charge < -0.3 is 10.1 Å². The van der Waals surface area contributed by atoms with Crippen LogP contribution in [0.15, 0.2) is 29.2 Å². The second-order valence-electron chi connectivity index (χ2n) is 4.64. The zero-order chi connectivity index (χ0) is 15.0. The molecule has 5 nitrogen and oxygen atoms in total. The average molecular weight is 300 g/mol. The molecule has 0 spiro atoms. The molecule has 0 amide bonds. The van der Waals surface area contributed by atoms with E-state index in [1.165, 1.54) is 7.11 Å². The topological polar surface area (TPSA) is 67.4 Å². The van der Waals surface area contributed by atoms with E-state index in [0.29, 0.717) is 6.61 Å². The molecule has 20 heavy (non-hydrogen) atoms. The van der Waals surface area contributed by atoms with Crippen molar-refractivity contribution in [3.8, 4) is 0 Å². The molecule has 1 aromatic carbocycles. The predicted octanol–water partition coefficient (Wildman–Crippen LogP) is 1.67. The molecule has 1 aromatic rings. The zero-order valence-electron chi connectivity index (χ0n) is 12.3. The first-order chi connectivity index (χ1) is 9.51. The second-order valence-corrected chi connectivity index (χ2v) is 6.40. The van der Waals surface area contributed by atoms with E-state index in [9.17, 15) is 8.42 Å². The first-order valence-corrected chi connectivity index (χ1v) is 8.31. The Kier molecular flexibility index (Phi) is 7.15. The molecular formula is C14H24N2O3S. The monoisotopic (exact) mass is 300 g/mol. The summed E-state index contributed by atoms with van der Waals surface area (Å²) in [4.78, 5) is 0.278. The molecule has 0 aliphatic carbocycles. The minimum atomic E-state index is -3.44. The second kappa shape index (κ2) is 8.36. The van der Waals surface area contributed by atoms with E-state index in [1.807, 2.05) is 12.1 Å². The highest BCUT2D eigenvalue weighted by molar-refractivity contribution is 7.89. The van der Waals surface area contributed by atoms with E-state index >= 15 is 0 Å². The molecule has 114 valence electrons. The van der Waals surface area contributed by atoms with Gasteiger partial charge in [-0.25, -0.2) is 13.1 Å². The van der Waals surface area contributed by atoms with Crippen LogP contribution in [0.2, 0.25) is 0 Å².